The van der Waals surface area contributed by atoms with Crippen molar-refractivity contribution in [2.24, 2.45) is 5.92 Å². The van der Waals surface area contributed by atoms with Gasteiger partial charge < -0.3 is 5.11 Å². The van der Waals surface area contributed by atoms with Crippen molar-refractivity contribution >= 4 is 17.2 Å². The van der Waals surface area contributed by atoms with Crippen molar-refractivity contribution in [2.45, 2.75) is 19.9 Å². The number of aliphatic carboxylic acids is 1. The number of carboxylic acid groups (broad SMARTS) is 1. The molecule has 0 rings (SSSR count). The van der Waals surface area contributed by atoms with Gasteiger partial charge in [-0.2, -0.15) is 0 Å². The molecule has 6 heteroatoms. The van der Waals surface area contributed by atoms with E-state index in [1.54, 1.807) is 13.8 Å². The third kappa shape index (κ3) is 4.07. The Morgan fingerprint density at radius 3 is 2.09 bits per heavy atom. The van der Waals surface area contributed by atoms with Crippen LogP contribution in [-0.4, -0.2) is 25.9 Å². The number of nitrogens with one attached hydrogen (secondary N) is 1. The molecule has 0 saturated heterocycles. The van der Waals surface area contributed by atoms with Crippen LogP contribution < -0.4 is 4.72 Å². The number of rotatable bonds is 4. The van der Waals surface area contributed by atoms with Gasteiger partial charge in [-0.25, -0.2) is 8.93 Å². The summed E-state index contributed by atoms with van der Waals surface area (Å²) in [4.78, 5) is 10.4. The molecule has 0 saturated carbocycles. The Morgan fingerprint density at radius 2 is 2.00 bits per heavy atom. The number of carboxylic acids is 1. The van der Waals surface area contributed by atoms with Crippen molar-refractivity contribution in [3.8, 4) is 0 Å². The molecule has 3 N–H and O–H groups in total. The van der Waals surface area contributed by atoms with Gasteiger partial charge in [0.05, 0.1) is 0 Å². The SMILES string of the molecule is CC(C)C(NS(=O)O)C(=O)O. The molecule has 0 aliphatic rings. The van der Waals surface area contributed by atoms with Crippen LogP contribution in [0.25, 0.3) is 0 Å². The van der Waals surface area contributed by atoms with E-state index in [1.807, 2.05) is 4.72 Å². The summed E-state index contributed by atoms with van der Waals surface area (Å²) in [6.45, 7) is 3.30. The van der Waals surface area contributed by atoms with Crippen molar-refractivity contribution in [3.63, 3.8) is 0 Å². The van der Waals surface area contributed by atoms with E-state index >= 15 is 0 Å². The van der Waals surface area contributed by atoms with Crippen LogP contribution in [0.1, 0.15) is 13.8 Å². The fraction of sp³-hybridized carbons (Fsp3) is 0.800. The highest BCUT2D eigenvalue weighted by Crippen LogP contribution is 2.01. The quantitative estimate of drug-likeness (QED) is 0.525. The average molecular weight is 181 g/mol. The molecule has 0 heterocycles. The minimum atomic E-state index is -2.27. The Bertz CT molecular complexity index is 170. The molecule has 2 unspecified atom stereocenters. The lowest BCUT2D eigenvalue weighted by Gasteiger charge is -2.14. The Labute approximate surface area is 67.2 Å². The Kier molecular flexibility index (Phi) is 4.24. The number of hydrogen-bond donors (Lipinski definition) is 3. The van der Waals surface area contributed by atoms with Gasteiger partial charge in [-0.15, -0.1) is 0 Å². The fourth-order valence-corrected chi connectivity index (χ4v) is 1.17. The summed E-state index contributed by atoms with van der Waals surface area (Å²) >= 11 is -2.27. The van der Waals surface area contributed by atoms with Gasteiger partial charge in [-0.3, -0.25) is 9.35 Å². The molecule has 0 amide bonds. The largest absolute Gasteiger partial charge is 0.480 e. The zero-order chi connectivity index (χ0) is 9.02. The van der Waals surface area contributed by atoms with Gasteiger partial charge in [0.25, 0.3) is 0 Å². The topological polar surface area (TPSA) is 86.6 Å². The second-order valence-electron chi connectivity index (χ2n) is 2.43. The Hall–Kier alpha value is -0.460. The molecule has 11 heavy (non-hydrogen) atoms. The molecule has 0 fully saturated rings. The highest BCUT2D eigenvalue weighted by atomic mass is 32.2. The number of hydrogen-bond acceptors (Lipinski definition) is 2. The molecule has 0 aliphatic carbocycles. The van der Waals surface area contributed by atoms with Gasteiger partial charge in [0, 0.05) is 0 Å². The highest BCUT2D eigenvalue weighted by Gasteiger charge is 2.22. The first-order valence-electron chi connectivity index (χ1n) is 3.05. The third-order valence-electron chi connectivity index (χ3n) is 1.16. The maximum atomic E-state index is 10.4. The van der Waals surface area contributed by atoms with Crippen molar-refractivity contribution < 1.29 is 18.7 Å². The minimum absolute atomic E-state index is 0.219. The van der Waals surface area contributed by atoms with Gasteiger partial charge in [0.15, 0.2) is 0 Å². The molecule has 0 aromatic heterocycles. The van der Waals surface area contributed by atoms with Gasteiger partial charge >= 0.3 is 5.97 Å². The molecular weight excluding hydrogens is 170 g/mol. The van der Waals surface area contributed by atoms with Crippen molar-refractivity contribution in [3.05, 3.63) is 0 Å². The summed E-state index contributed by atoms with van der Waals surface area (Å²) < 4.78 is 20.5. The Balaban J connectivity index is 4.12. The lowest BCUT2D eigenvalue weighted by Crippen LogP contribution is -2.41. The van der Waals surface area contributed by atoms with E-state index in [0.717, 1.165) is 0 Å². The zero-order valence-electron chi connectivity index (χ0n) is 6.27. The smallest absolute Gasteiger partial charge is 0.321 e. The Morgan fingerprint density at radius 1 is 1.55 bits per heavy atom. The van der Waals surface area contributed by atoms with Crippen LogP contribution in [0.15, 0.2) is 0 Å². The first-order valence-corrected chi connectivity index (χ1v) is 4.15. The summed E-state index contributed by atoms with van der Waals surface area (Å²) in [5.41, 5.74) is 0. The highest BCUT2D eigenvalue weighted by molar-refractivity contribution is 7.77. The standard InChI is InChI=1S/C5H11NO4S/c1-3(2)4(5(7)8)6-11(9)10/h3-4,6H,1-2H3,(H,7,8)(H,9,10). The molecule has 0 radical (unpaired) electrons. The van der Waals surface area contributed by atoms with Gasteiger partial charge in [0.2, 0.25) is 11.3 Å². The molecule has 0 spiro atoms. The molecular formula is C5H11NO4S. The molecule has 5 nitrogen and oxygen atoms in total. The second-order valence-corrected chi connectivity index (χ2v) is 3.16. The molecule has 66 valence electrons. The minimum Gasteiger partial charge on any atom is -0.480 e. The lowest BCUT2D eigenvalue weighted by atomic mass is 10.1. The molecule has 0 bridgehead atoms. The van der Waals surface area contributed by atoms with Crippen molar-refractivity contribution in [2.75, 3.05) is 0 Å². The van der Waals surface area contributed by atoms with Crippen LogP contribution in [0, 0.1) is 5.92 Å². The first kappa shape index (κ1) is 10.5. The van der Waals surface area contributed by atoms with Crippen LogP contribution in [0.2, 0.25) is 0 Å². The van der Waals surface area contributed by atoms with Crippen molar-refractivity contribution in [1.82, 2.24) is 4.72 Å². The monoisotopic (exact) mass is 181 g/mol. The summed E-state index contributed by atoms with van der Waals surface area (Å²) in [6, 6.07) is -0.971. The maximum absolute atomic E-state index is 10.4. The fourth-order valence-electron chi connectivity index (χ4n) is 0.580. The van der Waals surface area contributed by atoms with E-state index in [9.17, 15) is 9.00 Å². The second kappa shape index (κ2) is 4.42. The normalized spacial score (nSPS) is 16.4. The van der Waals surface area contributed by atoms with E-state index in [1.165, 1.54) is 0 Å². The van der Waals surface area contributed by atoms with Crippen LogP contribution in [-0.2, 0) is 16.1 Å². The third-order valence-corrected chi connectivity index (χ3v) is 1.62. The maximum Gasteiger partial charge on any atom is 0.321 e. The van der Waals surface area contributed by atoms with Crippen LogP contribution in [0.5, 0.6) is 0 Å². The lowest BCUT2D eigenvalue weighted by molar-refractivity contribution is -0.140. The zero-order valence-corrected chi connectivity index (χ0v) is 7.09. The predicted molar refractivity (Wildman–Crippen MR) is 40.2 cm³/mol. The van der Waals surface area contributed by atoms with E-state index in [-0.39, 0.29) is 5.92 Å². The van der Waals surface area contributed by atoms with Crippen molar-refractivity contribution in [1.29, 1.82) is 0 Å². The van der Waals surface area contributed by atoms with Gasteiger partial charge in [-0.05, 0) is 5.92 Å². The van der Waals surface area contributed by atoms with Gasteiger partial charge in [-0.1, -0.05) is 13.8 Å². The van der Waals surface area contributed by atoms with Gasteiger partial charge in [0.1, 0.15) is 6.04 Å². The van der Waals surface area contributed by atoms with E-state index < -0.39 is 23.3 Å². The first-order chi connectivity index (χ1) is 4.95. The summed E-state index contributed by atoms with van der Waals surface area (Å²) in [5, 5.41) is 8.48. The van der Waals surface area contributed by atoms with E-state index in [4.69, 9.17) is 9.66 Å². The number of carbonyl (C=O) groups is 1. The average Bonchev–Trinajstić information content (AvgIpc) is 1.81. The summed E-state index contributed by atoms with van der Waals surface area (Å²) in [5.74, 6) is -1.34. The predicted octanol–water partition coefficient (Wildman–Crippen LogP) is -0.178. The molecule has 0 aromatic carbocycles. The van der Waals surface area contributed by atoms with Crippen LogP contribution in [0.4, 0.5) is 0 Å². The van der Waals surface area contributed by atoms with E-state index in [2.05, 4.69) is 0 Å². The molecule has 0 aliphatic heterocycles. The summed E-state index contributed by atoms with van der Waals surface area (Å²) in [7, 11) is 0. The summed E-state index contributed by atoms with van der Waals surface area (Å²) in [6.07, 6.45) is 0. The van der Waals surface area contributed by atoms with Crippen LogP contribution in [0.3, 0.4) is 0 Å². The van der Waals surface area contributed by atoms with Crippen LogP contribution >= 0.6 is 0 Å². The molecule has 0 aromatic rings. The van der Waals surface area contributed by atoms with E-state index in [0.29, 0.717) is 0 Å². The molecule has 2 atom stereocenters.